The number of hydrogen-bond donors (Lipinski definition) is 1. The Bertz CT molecular complexity index is 3250. The molecule has 0 bridgehead atoms. The van der Waals surface area contributed by atoms with E-state index in [4.69, 9.17) is 21.3 Å². The first kappa shape index (κ1) is 44.3. The normalized spacial score (nSPS) is 16.8. The van der Waals surface area contributed by atoms with Crippen LogP contribution in [0.3, 0.4) is 0 Å². The third-order valence-corrected chi connectivity index (χ3v) is 13.5. The Kier molecular flexibility index (Phi) is 11.0. The average molecular weight is 1000 g/mol. The molecule has 1 fully saturated rings. The van der Waals surface area contributed by atoms with Gasteiger partial charge in [-0.3, -0.25) is 23.5 Å². The molecule has 1 unspecified atom stereocenters. The fourth-order valence-electron chi connectivity index (χ4n) is 8.71. The number of ether oxygens (including phenoxy) is 1. The van der Waals surface area contributed by atoms with Gasteiger partial charge in [-0.1, -0.05) is 39.7 Å². The molecule has 2 aliphatic carbocycles. The summed E-state index contributed by atoms with van der Waals surface area (Å²) in [7, 11) is -1.11. The minimum absolute atomic E-state index is 0.00373. The van der Waals surface area contributed by atoms with Crippen molar-refractivity contribution >= 4 is 71.1 Å². The molecule has 7 aromatic rings. The number of carbonyl (C=O) groups excluding carboxylic acids is 1. The maximum absolute atomic E-state index is 15.5. The molecule has 0 aliphatic heterocycles. The molecule has 0 spiro atoms. The molecule has 0 saturated heterocycles. The smallest absolute Gasteiger partial charge is 0.293 e. The van der Waals surface area contributed by atoms with Crippen LogP contribution >= 0.6 is 27.5 Å². The van der Waals surface area contributed by atoms with Crippen LogP contribution in [-0.4, -0.2) is 56.8 Å². The SMILES string of the molecule is COc1ccc(CN(c2nn(C)c3c(-n4c([C@H](Cc5cc(F)cc(F)c5)NC(=O)Cn5nc(C(F)F)c6c5C(F)(F)[C@@H]5CC65)nc5cc(Br)ccc5c4=O)ccc(Cl)c23)S(C)(=O)=O)cc1. The quantitative estimate of drug-likeness (QED) is 0.114. The van der Waals surface area contributed by atoms with E-state index in [1.807, 2.05) is 0 Å². The zero-order valence-electron chi connectivity index (χ0n) is 34.2. The van der Waals surface area contributed by atoms with Gasteiger partial charge in [0, 0.05) is 35.5 Å². The Morgan fingerprint density at radius 2 is 1.74 bits per heavy atom. The number of methoxy groups -OCH3 is 1. The highest BCUT2D eigenvalue weighted by Crippen LogP contribution is 2.68. The highest BCUT2D eigenvalue weighted by Gasteiger charge is 2.67. The first-order valence-corrected chi connectivity index (χ1v) is 22.8. The summed E-state index contributed by atoms with van der Waals surface area (Å²) in [6.45, 7) is -1.18. The molecule has 9 rings (SSSR count). The van der Waals surface area contributed by atoms with Crippen molar-refractivity contribution in [2.45, 2.75) is 50.2 Å². The lowest BCUT2D eigenvalue weighted by molar-refractivity contribution is -0.123. The molecule has 3 heterocycles. The molecular formula is C43H34BrClF6N8O5S. The number of amides is 1. The Morgan fingerprint density at radius 3 is 2.40 bits per heavy atom. The van der Waals surface area contributed by atoms with Gasteiger partial charge in [0.05, 0.1) is 58.5 Å². The van der Waals surface area contributed by atoms with E-state index in [-0.39, 0.29) is 68.3 Å². The van der Waals surface area contributed by atoms with Crippen molar-refractivity contribution < 1.29 is 44.3 Å². The van der Waals surface area contributed by atoms with E-state index in [0.717, 1.165) is 27.3 Å². The maximum atomic E-state index is 15.5. The highest BCUT2D eigenvalue weighted by molar-refractivity contribution is 9.10. The first-order chi connectivity index (χ1) is 30.7. The van der Waals surface area contributed by atoms with Gasteiger partial charge < -0.3 is 10.1 Å². The molecule has 338 valence electrons. The van der Waals surface area contributed by atoms with E-state index in [2.05, 4.69) is 31.4 Å². The van der Waals surface area contributed by atoms with Crippen LogP contribution in [0.1, 0.15) is 58.7 Å². The van der Waals surface area contributed by atoms with E-state index in [1.165, 1.54) is 43.1 Å². The number of nitrogens with zero attached hydrogens (tertiary/aromatic N) is 7. The van der Waals surface area contributed by atoms with Crippen molar-refractivity contribution in [3.05, 3.63) is 138 Å². The molecule has 3 atom stereocenters. The van der Waals surface area contributed by atoms with Gasteiger partial charge in [0.2, 0.25) is 15.9 Å². The summed E-state index contributed by atoms with van der Waals surface area (Å²) >= 11 is 10.2. The van der Waals surface area contributed by atoms with Gasteiger partial charge in [0.15, 0.2) is 5.82 Å². The maximum Gasteiger partial charge on any atom is 0.293 e. The Balaban J connectivity index is 1.22. The molecule has 2 aliphatic rings. The molecule has 65 heavy (non-hydrogen) atoms. The van der Waals surface area contributed by atoms with Crippen molar-refractivity contribution in [3.63, 3.8) is 0 Å². The second kappa shape index (κ2) is 16.2. The van der Waals surface area contributed by atoms with Gasteiger partial charge in [-0.25, -0.2) is 35.3 Å². The Labute approximate surface area is 378 Å². The van der Waals surface area contributed by atoms with Crippen LogP contribution < -0.4 is 19.9 Å². The number of nitrogens with one attached hydrogen (secondary N) is 1. The second-order valence-corrected chi connectivity index (χ2v) is 19.1. The van der Waals surface area contributed by atoms with Crippen LogP contribution in [0.15, 0.2) is 82.1 Å². The summed E-state index contributed by atoms with van der Waals surface area (Å²) < 4.78 is 126. The molecule has 3 aromatic heterocycles. The van der Waals surface area contributed by atoms with Crippen LogP contribution in [-0.2, 0) is 47.3 Å². The molecule has 1 saturated carbocycles. The third-order valence-electron chi connectivity index (χ3n) is 11.6. The minimum Gasteiger partial charge on any atom is -0.497 e. The summed E-state index contributed by atoms with van der Waals surface area (Å²) in [5, 5.41) is 11.2. The van der Waals surface area contributed by atoms with Gasteiger partial charge in [0.1, 0.15) is 41.1 Å². The molecule has 4 aromatic carbocycles. The number of anilines is 1. The Hall–Kier alpha value is -5.93. The summed E-state index contributed by atoms with van der Waals surface area (Å²) in [4.78, 5) is 33.9. The predicted molar refractivity (Wildman–Crippen MR) is 231 cm³/mol. The highest BCUT2D eigenvalue weighted by atomic mass is 79.9. The number of aromatic nitrogens is 6. The zero-order chi connectivity index (χ0) is 46.4. The lowest BCUT2D eigenvalue weighted by Gasteiger charge is -2.24. The number of carbonyl (C=O) groups is 1. The standard InChI is InChI=1S/C43H34BrClF6N8O5S/c1-56-37-32(11-10-29(45)35(37)41(55-56)58(65(3,62)63)18-20-4-7-25(64-2)8-5-20)59-40(53-30-15-22(44)6-9-26(30)42(59)61)31(14-21-12-23(46)16-24(47)13-21)52-33(60)19-57-38-34(36(54-57)39(48)49)27-17-28(27)43(38,50)51/h4-13,15-16,27-28,31,39H,14,17-19H2,1-3H3,(H,52,60)/t27?,28-,31+/m1/s1. The van der Waals surface area contributed by atoms with Crippen molar-refractivity contribution in [2.24, 2.45) is 13.0 Å². The topological polar surface area (TPSA) is 146 Å². The number of hydrogen-bond acceptors (Lipinski definition) is 8. The molecule has 22 heteroatoms. The molecular weight excluding hydrogens is 970 g/mol. The molecule has 1 amide bonds. The van der Waals surface area contributed by atoms with Crippen LogP contribution in [0.5, 0.6) is 5.75 Å². The summed E-state index contributed by atoms with van der Waals surface area (Å²) in [5.74, 6) is -8.39. The van der Waals surface area contributed by atoms with E-state index < -0.39 is 87.7 Å². The van der Waals surface area contributed by atoms with Crippen LogP contribution in [0.25, 0.3) is 27.5 Å². The number of aryl methyl sites for hydroxylation is 1. The minimum atomic E-state index is -4.09. The molecule has 0 radical (unpaired) electrons. The van der Waals surface area contributed by atoms with Crippen molar-refractivity contribution in [1.82, 2.24) is 34.4 Å². The fourth-order valence-corrected chi connectivity index (χ4v) is 10.1. The van der Waals surface area contributed by atoms with Crippen molar-refractivity contribution in [1.29, 1.82) is 0 Å². The van der Waals surface area contributed by atoms with Gasteiger partial charge in [-0.15, -0.1) is 0 Å². The van der Waals surface area contributed by atoms with Gasteiger partial charge >= 0.3 is 0 Å². The summed E-state index contributed by atoms with van der Waals surface area (Å²) in [6, 6.07) is 15.2. The number of sulfonamides is 1. The van der Waals surface area contributed by atoms with Crippen molar-refractivity contribution in [2.75, 3.05) is 17.7 Å². The number of alkyl halides is 4. The number of fused-ring (bicyclic) bond motifs is 5. The summed E-state index contributed by atoms with van der Waals surface area (Å²) in [5.41, 5.74) is -1.87. The predicted octanol–water partition coefficient (Wildman–Crippen LogP) is 8.38. The van der Waals surface area contributed by atoms with E-state index in [0.29, 0.717) is 26.5 Å². The zero-order valence-corrected chi connectivity index (χ0v) is 37.3. The molecule has 1 N–H and O–H groups in total. The van der Waals surface area contributed by atoms with E-state index in [1.54, 1.807) is 30.3 Å². The largest absolute Gasteiger partial charge is 0.497 e. The summed E-state index contributed by atoms with van der Waals surface area (Å²) in [6.07, 6.45) is -2.68. The third kappa shape index (κ3) is 7.89. The number of rotatable bonds is 13. The lowest BCUT2D eigenvalue weighted by Crippen LogP contribution is -2.38. The average Bonchev–Trinajstić information content (AvgIpc) is 3.76. The van der Waals surface area contributed by atoms with Gasteiger partial charge in [-0.2, -0.15) is 19.0 Å². The van der Waals surface area contributed by atoms with Crippen LogP contribution in [0.2, 0.25) is 5.02 Å². The van der Waals surface area contributed by atoms with Gasteiger partial charge in [-0.05, 0) is 78.1 Å². The fraction of sp³-hybridized carbons (Fsp3) is 0.279. The van der Waals surface area contributed by atoms with Gasteiger partial charge in [0.25, 0.3) is 17.9 Å². The molecule has 13 nitrogen and oxygen atoms in total. The van der Waals surface area contributed by atoms with E-state index >= 15 is 8.78 Å². The lowest BCUT2D eigenvalue weighted by atomic mass is 10.0. The monoisotopic (exact) mass is 1000 g/mol. The van der Waals surface area contributed by atoms with Crippen molar-refractivity contribution in [3.8, 4) is 11.4 Å². The van der Waals surface area contributed by atoms with Crippen LogP contribution in [0, 0.1) is 17.6 Å². The first-order valence-electron chi connectivity index (χ1n) is 19.7. The van der Waals surface area contributed by atoms with E-state index in [9.17, 15) is 35.6 Å². The Morgan fingerprint density at radius 1 is 1.03 bits per heavy atom. The number of benzene rings is 4. The van der Waals surface area contributed by atoms with Crippen LogP contribution in [0.4, 0.5) is 32.2 Å². The number of halogens is 8. The second-order valence-electron chi connectivity index (χ2n) is 15.9.